The molecule has 1 aliphatic rings. The highest BCUT2D eigenvalue weighted by Crippen LogP contribution is 2.16. The summed E-state index contributed by atoms with van der Waals surface area (Å²) in [6, 6.07) is 3.25. The molecule has 1 aromatic heterocycles. The third-order valence-electron chi connectivity index (χ3n) is 3.71. The molecule has 2 rings (SSSR count). The second kappa shape index (κ2) is 7.92. The van der Waals surface area contributed by atoms with Gasteiger partial charge in [-0.15, -0.1) is 0 Å². The predicted molar refractivity (Wildman–Crippen MR) is 82.5 cm³/mol. The number of hydrogen-bond acceptors (Lipinski definition) is 5. The van der Waals surface area contributed by atoms with Crippen molar-refractivity contribution < 1.29 is 24.2 Å². The van der Waals surface area contributed by atoms with Crippen molar-refractivity contribution in [1.29, 1.82) is 0 Å². The first-order chi connectivity index (χ1) is 11.0. The summed E-state index contributed by atoms with van der Waals surface area (Å²) in [6.45, 7) is 5.00. The number of rotatable bonds is 6. The van der Waals surface area contributed by atoms with E-state index in [0.29, 0.717) is 24.6 Å². The van der Waals surface area contributed by atoms with Gasteiger partial charge < -0.3 is 19.5 Å². The van der Waals surface area contributed by atoms with Crippen molar-refractivity contribution >= 4 is 11.9 Å². The number of amides is 1. The quantitative estimate of drug-likeness (QED) is 0.855. The highest BCUT2D eigenvalue weighted by molar-refractivity contribution is 5.94. The Balaban J connectivity index is 2.04. The van der Waals surface area contributed by atoms with Crippen LogP contribution in [0.15, 0.2) is 18.3 Å². The van der Waals surface area contributed by atoms with Crippen LogP contribution in [0.4, 0.5) is 0 Å². The van der Waals surface area contributed by atoms with Crippen LogP contribution >= 0.6 is 0 Å². The number of carboxylic acid groups (broad SMARTS) is 1. The smallest absolute Gasteiger partial charge is 0.306 e. The topological polar surface area (TPSA) is 89.0 Å². The van der Waals surface area contributed by atoms with Gasteiger partial charge in [0.25, 0.3) is 5.91 Å². The Kier molecular flexibility index (Phi) is 5.92. The van der Waals surface area contributed by atoms with Crippen molar-refractivity contribution in [3.05, 3.63) is 23.9 Å². The molecule has 1 aliphatic heterocycles. The Morgan fingerprint density at radius 1 is 1.57 bits per heavy atom. The lowest BCUT2D eigenvalue weighted by molar-refractivity contribution is -0.141. The highest BCUT2D eigenvalue weighted by atomic mass is 16.5. The summed E-state index contributed by atoms with van der Waals surface area (Å²) in [6.07, 6.45) is 1.84. The standard InChI is InChI=1S/C16H22N2O5/c1-3-11(2)23-14-8-12(4-5-17-14)16(21)18-6-7-22-13(10-18)9-15(19)20/h4-5,8,11,13H,3,6-7,9-10H2,1-2H3,(H,19,20). The lowest BCUT2D eigenvalue weighted by atomic mass is 10.1. The first-order valence-electron chi connectivity index (χ1n) is 7.75. The number of carbonyl (C=O) groups excluding carboxylic acids is 1. The van der Waals surface area contributed by atoms with Crippen LogP contribution in [0.3, 0.4) is 0 Å². The van der Waals surface area contributed by atoms with Gasteiger partial charge in [0, 0.05) is 30.9 Å². The number of hydrogen-bond donors (Lipinski definition) is 1. The number of aliphatic carboxylic acids is 1. The zero-order valence-corrected chi connectivity index (χ0v) is 13.4. The van der Waals surface area contributed by atoms with Crippen LogP contribution in [0.25, 0.3) is 0 Å². The van der Waals surface area contributed by atoms with E-state index in [2.05, 4.69) is 4.98 Å². The Bertz CT molecular complexity index is 563. The maximum Gasteiger partial charge on any atom is 0.306 e. The molecular weight excluding hydrogens is 300 g/mol. The fourth-order valence-corrected chi connectivity index (χ4v) is 2.30. The number of carboxylic acids is 1. The summed E-state index contributed by atoms with van der Waals surface area (Å²) in [4.78, 5) is 29.1. The van der Waals surface area contributed by atoms with Crippen LogP contribution < -0.4 is 4.74 Å². The van der Waals surface area contributed by atoms with Gasteiger partial charge in [0.15, 0.2) is 0 Å². The third-order valence-corrected chi connectivity index (χ3v) is 3.71. The molecule has 0 saturated carbocycles. The monoisotopic (exact) mass is 322 g/mol. The van der Waals surface area contributed by atoms with E-state index in [1.54, 1.807) is 23.2 Å². The number of morpholine rings is 1. The van der Waals surface area contributed by atoms with Gasteiger partial charge in [0.05, 0.1) is 25.2 Å². The molecule has 2 unspecified atom stereocenters. The summed E-state index contributed by atoms with van der Waals surface area (Å²) >= 11 is 0. The van der Waals surface area contributed by atoms with Crippen molar-refractivity contribution in [3.63, 3.8) is 0 Å². The van der Waals surface area contributed by atoms with E-state index in [9.17, 15) is 9.59 Å². The van der Waals surface area contributed by atoms with Crippen molar-refractivity contribution in [2.45, 2.75) is 38.9 Å². The Labute approximate surface area is 135 Å². The minimum Gasteiger partial charge on any atom is -0.481 e. The molecule has 7 nitrogen and oxygen atoms in total. The molecule has 2 heterocycles. The van der Waals surface area contributed by atoms with Gasteiger partial charge in [-0.05, 0) is 19.4 Å². The van der Waals surface area contributed by atoms with Crippen molar-refractivity contribution in [2.24, 2.45) is 0 Å². The zero-order valence-electron chi connectivity index (χ0n) is 13.4. The van der Waals surface area contributed by atoms with Crippen molar-refractivity contribution in [1.82, 2.24) is 9.88 Å². The normalized spacial score (nSPS) is 19.2. The molecule has 0 radical (unpaired) electrons. The van der Waals surface area contributed by atoms with E-state index < -0.39 is 12.1 Å². The van der Waals surface area contributed by atoms with Gasteiger partial charge in [0.2, 0.25) is 5.88 Å². The van der Waals surface area contributed by atoms with Crippen molar-refractivity contribution in [2.75, 3.05) is 19.7 Å². The molecule has 1 amide bonds. The predicted octanol–water partition coefficient (Wildman–Crippen LogP) is 1.57. The highest BCUT2D eigenvalue weighted by Gasteiger charge is 2.26. The molecule has 1 aromatic rings. The van der Waals surface area contributed by atoms with E-state index in [1.165, 1.54) is 0 Å². The molecule has 1 N–H and O–H groups in total. The molecule has 23 heavy (non-hydrogen) atoms. The van der Waals surface area contributed by atoms with Gasteiger partial charge in [-0.1, -0.05) is 6.92 Å². The summed E-state index contributed by atoms with van der Waals surface area (Å²) in [7, 11) is 0. The van der Waals surface area contributed by atoms with Crippen LogP contribution in [-0.2, 0) is 9.53 Å². The van der Waals surface area contributed by atoms with Gasteiger partial charge in [0.1, 0.15) is 0 Å². The number of ether oxygens (including phenoxy) is 2. The Hall–Kier alpha value is -2.15. The minimum absolute atomic E-state index is 0.0242. The molecule has 0 bridgehead atoms. The van der Waals surface area contributed by atoms with Gasteiger partial charge in [-0.2, -0.15) is 0 Å². The molecular formula is C16H22N2O5. The molecule has 1 fully saturated rings. The molecule has 1 saturated heterocycles. The first kappa shape index (κ1) is 17.2. The van der Waals surface area contributed by atoms with E-state index >= 15 is 0 Å². The van der Waals surface area contributed by atoms with Crippen LogP contribution in [0, 0.1) is 0 Å². The SMILES string of the molecule is CCC(C)Oc1cc(C(=O)N2CCOC(CC(=O)O)C2)ccn1. The largest absolute Gasteiger partial charge is 0.481 e. The molecule has 0 aromatic carbocycles. The van der Waals surface area contributed by atoms with Crippen LogP contribution in [0.2, 0.25) is 0 Å². The zero-order chi connectivity index (χ0) is 16.8. The van der Waals surface area contributed by atoms with Crippen LogP contribution in [-0.4, -0.2) is 58.8 Å². The molecule has 126 valence electrons. The third kappa shape index (κ3) is 4.92. The van der Waals surface area contributed by atoms with Crippen LogP contribution in [0.1, 0.15) is 37.0 Å². The summed E-state index contributed by atoms with van der Waals surface area (Å²) in [5, 5.41) is 8.84. The van der Waals surface area contributed by atoms with Gasteiger partial charge in [-0.25, -0.2) is 4.98 Å². The minimum atomic E-state index is -0.933. The van der Waals surface area contributed by atoms with E-state index in [1.807, 2.05) is 13.8 Å². The van der Waals surface area contributed by atoms with E-state index in [0.717, 1.165) is 6.42 Å². The Morgan fingerprint density at radius 2 is 2.35 bits per heavy atom. The van der Waals surface area contributed by atoms with Crippen LogP contribution in [0.5, 0.6) is 5.88 Å². The maximum atomic E-state index is 12.6. The van der Waals surface area contributed by atoms with Gasteiger partial charge in [-0.3, -0.25) is 9.59 Å². The Morgan fingerprint density at radius 3 is 3.04 bits per heavy atom. The molecule has 2 atom stereocenters. The second-order valence-electron chi connectivity index (χ2n) is 5.56. The first-order valence-corrected chi connectivity index (χ1v) is 7.75. The van der Waals surface area contributed by atoms with Gasteiger partial charge >= 0.3 is 5.97 Å². The average molecular weight is 322 g/mol. The van der Waals surface area contributed by atoms with E-state index in [-0.39, 0.29) is 25.0 Å². The number of pyridine rings is 1. The summed E-state index contributed by atoms with van der Waals surface area (Å²) in [5.74, 6) is -0.682. The summed E-state index contributed by atoms with van der Waals surface area (Å²) in [5.41, 5.74) is 0.481. The summed E-state index contributed by atoms with van der Waals surface area (Å²) < 4.78 is 11.0. The lowest BCUT2D eigenvalue weighted by Crippen LogP contribution is -2.46. The molecule has 0 spiro atoms. The second-order valence-corrected chi connectivity index (χ2v) is 5.56. The number of carbonyl (C=O) groups is 2. The fourth-order valence-electron chi connectivity index (χ4n) is 2.30. The van der Waals surface area contributed by atoms with Crippen molar-refractivity contribution in [3.8, 4) is 5.88 Å². The lowest BCUT2D eigenvalue weighted by Gasteiger charge is -2.32. The average Bonchev–Trinajstić information content (AvgIpc) is 2.54. The fraction of sp³-hybridized carbons (Fsp3) is 0.562. The molecule has 0 aliphatic carbocycles. The maximum absolute atomic E-state index is 12.6. The molecule has 7 heteroatoms. The number of aromatic nitrogens is 1. The van der Waals surface area contributed by atoms with E-state index in [4.69, 9.17) is 14.6 Å². The number of nitrogens with zero attached hydrogens (tertiary/aromatic N) is 2.